The fraction of sp³-hybridized carbons (Fsp3) is 0.800. The molecule has 0 aliphatic heterocycles. The van der Waals surface area contributed by atoms with Crippen LogP contribution in [0.3, 0.4) is 0 Å². The number of hydrogen-bond acceptors (Lipinski definition) is 1. The largest absolute Gasteiger partial charge is 0.303 e. The van der Waals surface area contributed by atoms with Gasteiger partial charge in [-0.15, -0.1) is 0 Å². The Labute approximate surface area is 57.6 Å². The van der Waals surface area contributed by atoms with E-state index >= 15 is 0 Å². The lowest BCUT2D eigenvalue weighted by Crippen LogP contribution is -1.88. The van der Waals surface area contributed by atoms with Gasteiger partial charge < -0.3 is 4.79 Å². The van der Waals surface area contributed by atoms with Crippen LogP contribution in [0.15, 0.2) is 0 Å². The molecule has 42 valence electrons. The van der Waals surface area contributed by atoms with Crippen LogP contribution >= 0.6 is 22.6 Å². The average molecular weight is 212 g/mol. The molecule has 0 N–H and O–H groups in total. The van der Waals surface area contributed by atoms with E-state index in [9.17, 15) is 4.79 Å². The Bertz CT molecular complexity index is 52.0. The number of rotatable bonds is 3. The van der Waals surface area contributed by atoms with Gasteiger partial charge in [0.2, 0.25) is 0 Å². The molecule has 0 saturated carbocycles. The molecular formula is C5H9IO. The molecule has 2 heteroatoms. The van der Waals surface area contributed by atoms with Gasteiger partial charge >= 0.3 is 0 Å². The van der Waals surface area contributed by atoms with Gasteiger partial charge in [-0.2, -0.15) is 0 Å². The summed E-state index contributed by atoms with van der Waals surface area (Å²) < 4.78 is 0.641. The molecule has 0 fully saturated rings. The molecule has 0 bridgehead atoms. The zero-order valence-corrected chi connectivity index (χ0v) is 6.51. The Balaban J connectivity index is 2.81. The van der Waals surface area contributed by atoms with Gasteiger partial charge in [0.15, 0.2) is 0 Å². The normalized spacial score (nSPS) is 13.4. The Morgan fingerprint density at radius 3 is 2.57 bits per heavy atom. The zero-order chi connectivity index (χ0) is 5.70. The first-order valence-corrected chi connectivity index (χ1v) is 3.59. The standard InChI is InChI=1S/C5H9IO/c1-5(6)3-2-4-7/h4-5H,2-3H2,1H3. The van der Waals surface area contributed by atoms with Crippen LogP contribution in [-0.4, -0.2) is 10.2 Å². The molecule has 1 atom stereocenters. The first-order valence-electron chi connectivity index (χ1n) is 2.35. The van der Waals surface area contributed by atoms with Crippen molar-refractivity contribution in [3.8, 4) is 0 Å². The van der Waals surface area contributed by atoms with Crippen molar-refractivity contribution in [1.82, 2.24) is 0 Å². The van der Waals surface area contributed by atoms with E-state index in [0.717, 1.165) is 12.7 Å². The van der Waals surface area contributed by atoms with Gasteiger partial charge in [0.25, 0.3) is 0 Å². The van der Waals surface area contributed by atoms with E-state index in [2.05, 4.69) is 29.5 Å². The van der Waals surface area contributed by atoms with Crippen molar-refractivity contribution >= 4 is 28.9 Å². The Morgan fingerprint density at radius 2 is 2.43 bits per heavy atom. The molecule has 0 spiro atoms. The highest BCUT2D eigenvalue weighted by molar-refractivity contribution is 14.1. The average Bonchev–Trinajstić information content (AvgIpc) is 1.61. The molecule has 0 aliphatic rings. The third kappa shape index (κ3) is 6.40. The zero-order valence-electron chi connectivity index (χ0n) is 4.36. The van der Waals surface area contributed by atoms with E-state index in [-0.39, 0.29) is 0 Å². The Kier molecular flexibility index (Phi) is 4.82. The number of carbonyl (C=O) groups is 1. The van der Waals surface area contributed by atoms with Crippen LogP contribution < -0.4 is 0 Å². The smallest absolute Gasteiger partial charge is 0.120 e. The second-order valence-electron chi connectivity index (χ2n) is 1.52. The number of halogens is 1. The lowest BCUT2D eigenvalue weighted by Gasteiger charge is -1.93. The first kappa shape index (κ1) is 7.40. The van der Waals surface area contributed by atoms with Crippen molar-refractivity contribution in [2.24, 2.45) is 0 Å². The van der Waals surface area contributed by atoms with Crippen LogP contribution in [0.25, 0.3) is 0 Å². The maximum atomic E-state index is 9.71. The van der Waals surface area contributed by atoms with Crippen molar-refractivity contribution in [3.63, 3.8) is 0 Å². The van der Waals surface area contributed by atoms with Crippen LogP contribution in [-0.2, 0) is 4.79 Å². The molecule has 0 radical (unpaired) electrons. The summed E-state index contributed by atoms with van der Waals surface area (Å²) in [6.45, 7) is 2.10. The van der Waals surface area contributed by atoms with Crippen LogP contribution in [0.1, 0.15) is 19.8 Å². The molecule has 1 unspecified atom stereocenters. The maximum Gasteiger partial charge on any atom is 0.120 e. The minimum absolute atomic E-state index is 0.641. The van der Waals surface area contributed by atoms with Crippen LogP contribution in [0.5, 0.6) is 0 Å². The highest BCUT2D eigenvalue weighted by Crippen LogP contribution is 2.04. The summed E-state index contributed by atoms with van der Waals surface area (Å²) >= 11 is 2.31. The predicted molar refractivity (Wildman–Crippen MR) is 38.8 cm³/mol. The second-order valence-corrected chi connectivity index (χ2v) is 3.65. The molecule has 0 aromatic heterocycles. The minimum atomic E-state index is 0.641. The fourth-order valence-electron chi connectivity index (χ4n) is 0.298. The summed E-state index contributed by atoms with van der Waals surface area (Å²) in [5.74, 6) is 0. The summed E-state index contributed by atoms with van der Waals surface area (Å²) in [6.07, 6.45) is 2.70. The van der Waals surface area contributed by atoms with Gasteiger partial charge in [-0.1, -0.05) is 29.5 Å². The summed E-state index contributed by atoms with van der Waals surface area (Å²) in [7, 11) is 0. The van der Waals surface area contributed by atoms with Crippen molar-refractivity contribution < 1.29 is 4.79 Å². The summed E-state index contributed by atoms with van der Waals surface area (Å²) in [5, 5.41) is 0. The van der Waals surface area contributed by atoms with Gasteiger partial charge in [0.05, 0.1) is 0 Å². The van der Waals surface area contributed by atoms with Crippen molar-refractivity contribution in [2.75, 3.05) is 0 Å². The summed E-state index contributed by atoms with van der Waals surface area (Å²) in [6, 6.07) is 0. The predicted octanol–water partition coefficient (Wildman–Crippen LogP) is 1.79. The third-order valence-corrected chi connectivity index (χ3v) is 1.31. The molecule has 7 heavy (non-hydrogen) atoms. The van der Waals surface area contributed by atoms with Gasteiger partial charge in [0.1, 0.15) is 6.29 Å². The maximum absolute atomic E-state index is 9.71. The Morgan fingerprint density at radius 1 is 1.86 bits per heavy atom. The molecular weight excluding hydrogens is 203 g/mol. The quantitative estimate of drug-likeness (QED) is 0.396. The van der Waals surface area contributed by atoms with Gasteiger partial charge in [0, 0.05) is 10.3 Å². The van der Waals surface area contributed by atoms with E-state index in [1.165, 1.54) is 0 Å². The van der Waals surface area contributed by atoms with Crippen LogP contribution in [0, 0.1) is 0 Å². The third-order valence-electron chi connectivity index (χ3n) is 0.682. The number of aldehydes is 1. The minimum Gasteiger partial charge on any atom is -0.303 e. The molecule has 0 aromatic rings. The highest BCUT2D eigenvalue weighted by atomic mass is 127. The van der Waals surface area contributed by atoms with Crippen LogP contribution in [0.2, 0.25) is 0 Å². The highest BCUT2D eigenvalue weighted by Gasteiger charge is 1.90. The number of alkyl halides is 1. The molecule has 1 nitrogen and oxygen atoms in total. The molecule has 0 amide bonds. The van der Waals surface area contributed by atoms with E-state index in [1.807, 2.05) is 0 Å². The lowest BCUT2D eigenvalue weighted by molar-refractivity contribution is -0.107. The first-order chi connectivity index (χ1) is 3.27. The molecule has 0 aromatic carbocycles. The SMILES string of the molecule is CC(I)CCC=O. The van der Waals surface area contributed by atoms with Crippen molar-refractivity contribution in [3.05, 3.63) is 0 Å². The summed E-state index contributed by atoms with van der Waals surface area (Å²) in [5.41, 5.74) is 0. The van der Waals surface area contributed by atoms with E-state index in [0.29, 0.717) is 10.3 Å². The fourth-order valence-corrected chi connectivity index (χ4v) is 0.657. The molecule has 0 heterocycles. The van der Waals surface area contributed by atoms with Crippen molar-refractivity contribution in [2.45, 2.75) is 23.7 Å². The number of carbonyl (C=O) groups excluding carboxylic acids is 1. The van der Waals surface area contributed by atoms with E-state index in [1.54, 1.807) is 0 Å². The van der Waals surface area contributed by atoms with Gasteiger partial charge in [-0.05, 0) is 6.42 Å². The lowest BCUT2D eigenvalue weighted by atomic mass is 10.3. The molecule has 0 saturated heterocycles. The topological polar surface area (TPSA) is 17.1 Å². The van der Waals surface area contributed by atoms with Crippen LogP contribution in [0.4, 0.5) is 0 Å². The monoisotopic (exact) mass is 212 g/mol. The number of hydrogen-bond donors (Lipinski definition) is 0. The van der Waals surface area contributed by atoms with E-state index in [4.69, 9.17) is 0 Å². The van der Waals surface area contributed by atoms with E-state index < -0.39 is 0 Å². The second kappa shape index (κ2) is 4.56. The van der Waals surface area contributed by atoms with Gasteiger partial charge in [-0.3, -0.25) is 0 Å². The summed E-state index contributed by atoms with van der Waals surface area (Å²) in [4.78, 5) is 9.71. The molecule has 0 aliphatic carbocycles. The van der Waals surface area contributed by atoms with Crippen molar-refractivity contribution in [1.29, 1.82) is 0 Å². The molecule has 0 rings (SSSR count). The Hall–Kier alpha value is 0.400. The van der Waals surface area contributed by atoms with Gasteiger partial charge in [-0.25, -0.2) is 0 Å².